The van der Waals surface area contributed by atoms with E-state index in [4.69, 9.17) is 5.73 Å². The molecule has 0 bridgehead atoms. The maximum Gasteiger partial charge on any atom is 0.303 e. The molecular weight excluding hydrogens is 428 g/mol. The zero-order valence-corrected chi connectivity index (χ0v) is 22.0. The van der Waals surface area contributed by atoms with Crippen LogP contribution < -0.4 is 5.73 Å². The smallest absolute Gasteiger partial charge is 0.303 e. The van der Waals surface area contributed by atoms with E-state index in [1.807, 2.05) is 18.7 Å². The van der Waals surface area contributed by atoms with E-state index >= 15 is 0 Å². The number of rotatable bonds is 6. The Bertz CT molecular complexity index is 786. The third-order valence-electron chi connectivity index (χ3n) is 11.3. The van der Waals surface area contributed by atoms with Crippen LogP contribution in [-0.2, 0) is 9.59 Å². The molecule has 1 heterocycles. The van der Waals surface area contributed by atoms with E-state index in [-0.39, 0.29) is 35.2 Å². The molecule has 4 aliphatic rings. The summed E-state index contributed by atoms with van der Waals surface area (Å²) in [6.07, 6.45) is 7.12. The van der Waals surface area contributed by atoms with Crippen LogP contribution in [-0.4, -0.2) is 52.2 Å². The van der Waals surface area contributed by atoms with Gasteiger partial charge in [0.1, 0.15) is 0 Å². The number of carbonyl (C=O) groups excluding carboxylic acids is 1. The lowest BCUT2D eigenvalue weighted by atomic mass is 9.44. The van der Waals surface area contributed by atoms with Crippen molar-refractivity contribution in [3.63, 3.8) is 0 Å². The van der Waals surface area contributed by atoms with Crippen LogP contribution >= 0.6 is 0 Å². The number of carboxylic acids is 1. The molecule has 0 spiro atoms. The summed E-state index contributed by atoms with van der Waals surface area (Å²) in [5.74, 6) is 2.14. The molecule has 0 aromatic heterocycles. The SMILES string of the molecule is CC(C)[C@H](N)C(=O)N1CC[C@@]2(C)[C@H](C[C@H](O)[C@@H]3[C@@H]2CC[C@]2(C)[C@@H]([C@H](C)CCC(=O)O)CC[C@@H]32)C1. The largest absolute Gasteiger partial charge is 0.481 e. The standard InChI is InChI=1S/C28H48N2O4/c1-16(2)25(29)26(34)30-13-12-27(4)18(15-30)14-22(31)24-20-8-7-19(17(3)6-9-23(32)33)28(20,5)11-10-21(24)27/h16-22,24-25,31H,6-15,29H2,1-5H3,(H,32,33)/t17-,18-,19-,20+,21+,22+,24+,25+,27+,28-/m1/s1. The summed E-state index contributed by atoms with van der Waals surface area (Å²) in [7, 11) is 0. The van der Waals surface area contributed by atoms with E-state index in [0.717, 1.165) is 51.6 Å². The molecule has 6 nitrogen and oxygen atoms in total. The van der Waals surface area contributed by atoms with Gasteiger partial charge in [0.2, 0.25) is 5.91 Å². The zero-order valence-electron chi connectivity index (χ0n) is 22.0. The minimum absolute atomic E-state index is 0.0684. The lowest BCUT2D eigenvalue weighted by molar-refractivity contribution is -0.176. The molecule has 1 amide bonds. The predicted octanol–water partition coefficient (Wildman–Crippen LogP) is 4.15. The van der Waals surface area contributed by atoms with Gasteiger partial charge < -0.3 is 20.8 Å². The normalized spacial score (nSPS) is 43.6. The maximum atomic E-state index is 13.0. The van der Waals surface area contributed by atoms with Crippen molar-refractivity contribution in [2.75, 3.05) is 13.1 Å². The summed E-state index contributed by atoms with van der Waals surface area (Å²) in [5, 5.41) is 20.7. The molecule has 4 rings (SSSR count). The number of aliphatic hydroxyl groups excluding tert-OH is 1. The van der Waals surface area contributed by atoms with E-state index in [1.165, 1.54) is 6.42 Å². The van der Waals surface area contributed by atoms with Crippen molar-refractivity contribution in [1.29, 1.82) is 0 Å². The molecule has 1 aliphatic heterocycles. The van der Waals surface area contributed by atoms with Gasteiger partial charge in [0, 0.05) is 19.5 Å². The molecule has 3 saturated carbocycles. The predicted molar refractivity (Wildman–Crippen MR) is 133 cm³/mol. The third kappa shape index (κ3) is 4.21. The third-order valence-corrected chi connectivity index (χ3v) is 11.3. The summed E-state index contributed by atoms with van der Waals surface area (Å²) in [5.41, 5.74) is 6.56. The Balaban J connectivity index is 1.50. The van der Waals surface area contributed by atoms with Gasteiger partial charge in [-0.15, -0.1) is 0 Å². The number of carbonyl (C=O) groups is 2. The van der Waals surface area contributed by atoms with Crippen LogP contribution in [0.25, 0.3) is 0 Å². The second kappa shape index (κ2) is 9.38. The topological polar surface area (TPSA) is 104 Å². The highest BCUT2D eigenvalue weighted by atomic mass is 16.4. The summed E-state index contributed by atoms with van der Waals surface area (Å²) in [4.78, 5) is 26.1. The number of aliphatic carboxylic acids is 1. The Labute approximate surface area is 206 Å². The molecule has 194 valence electrons. The van der Waals surface area contributed by atoms with Crippen molar-refractivity contribution in [2.24, 2.45) is 58.0 Å². The Morgan fingerprint density at radius 3 is 2.38 bits per heavy atom. The van der Waals surface area contributed by atoms with Crippen LogP contribution in [0.4, 0.5) is 0 Å². The molecular formula is C28H48N2O4. The number of amides is 1. The first kappa shape index (κ1) is 25.9. The number of fused-ring (bicyclic) bond motifs is 5. The lowest BCUT2D eigenvalue weighted by Crippen LogP contribution is -2.62. The quantitative estimate of drug-likeness (QED) is 0.534. The van der Waals surface area contributed by atoms with Crippen molar-refractivity contribution < 1.29 is 19.8 Å². The first-order chi connectivity index (χ1) is 15.9. The maximum absolute atomic E-state index is 13.0. The molecule has 6 heteroatoms. The Kier molecular flexibility index (Phi) is 7.16. The van der Waals surface area contributed by atoms with E-state index in [1.54, 1.807) is 0 Å². The molecule has 10 atom stereocenters. The van der Waals surface area contributed by atoms with Crippen LogP contribution in [0, 0.1) is 52.3 Å². The van der Waals surface area contributed by atoms with E-state index in [0.29, 0.717) is 35.5 Å². The van der Waals surface area contributed by atoms with Gasteiger partial charge in [-0.25, -0.2) is 0 Å². The van der Waals surface area contributed by atoms with Gasteiger partial charge in [0.25, 0.3) is 0 Å². The zero-order chi connectivity index (χ0) is 25.0. The molecule has 0 unspecified atom stereocenters. The molecule has 0 aromatic carbocycles. The second-order valence-corrected chi connectivity index (χ2v) is 13.2. The van der Waals surface area contributed by atoms with Gasteiger partial charge in [0.05, 0.1) is 12.1 Å². The molecule has 0 radical (unpaired) electrons. The van der Waals surface area contributed by atoms with Crippen molar-refractivity contribution >= 4 is 11.9 Å². The fraction of sp³-hybridized carbons (Fsp3) is 0.929. The number of nitrogens with two attached hydrogens (primary N) is 1. The number of likely N-dealkylation sites (tertiary alicyclic amines) is 1. The summed E-state index contributed by atoms with van der Waals surface area (Å²) in [6.45, 7) is 12.6. The van der Waals surface area contributed by atoms with Crippen LogP contribution in [0.5, 0.6) is 0 Å². The molecule has 1 saturated heterocycles. The highest BCUT2D eigenvalue weighted by molar-refractivity contribution is 5.82. The summed E-state index contributed by atoms with van der Waals surface area (Å²) in [6, 6.07) is -0.445. The molecule has 4 N–H and O–H groups in total. The van der Waals surface area contributed by atoms with Gasteiger partial charge in [-0.2, -0.15) is 0 Å². The lowest BCUT2D eigenvalue weighted by Gasteiger charge is -2.63. The first-order valence-corrected chi connectivity index (χ1v) is 13.8. The first-order valence-electron chi connectivity index (χ1n) is 13.8. The number of hydrogen-bond donors (Lipinski definition) is 3. The highest BCUT2D eigenvalue weighted by Crippen LogP contribution is 2.67. The van der Waals surface area contributed by atoms with E-state index < -0.39 is 12.0 Å². The van der Waals surface area contributed by atoms with Gasteiger partial charge in [0.15, 0.2) is 0 Å². The number of aliphatic hydroxyl groups is 1. The van der Waals surface area contributed by atoms with Crippen molar-refractivity contribution in [1.82, 2.24) is 4.90 Å². The van der Waals surface area contributed by atoms with Crippen LogP contribution in [0.1, 0.15) is 86.0 Å². The van der Waals surface area contributed by atoms with Gasteiger partial charge in [-0.05, 0) is 97.2 Å². The van der Waals surface area contributed by atoms with Crippen LogP contribution in [0.3, 0.4) is 0 Å². The second-order valence-electron chi connectivity index (χ2n) is 13.2. The van der Waals surface area contributed by atoms with Crippen molar-refractivity contribution in [3.05, 3.63) is 0 Å². The number of piperidine rings is 1. The average molecular weight is 477 g/mol. The van der Waals surface area contributed by atoms with E-state index in [9.17, 15) is 19.8 Å². The Hall–Kier alpha value is -1.14. The van der Waals surface area contributed by atoms with E-state index in [2.05, 4.69) is 20.8 Å². The van der Waals surface area contributed by atoms with Crippen molar-refractivity contribution in [2.45, 2.75) is 98.1 Å². The van der Waals surface area contributed by atoms with Gasteiger partial charge in [-0.3, -0.25) is 9.59 Å². The minimum Gasteiger partial charge on any atom is -0.481 e. The van der Waals surface area contributed by atoms with Gasteiger partial charge in [-0.1, -0.05) is 34.6 Å². The number of nitrogens with zero attached hydrogens (tertiary/aromatic N) is 1. The summed E-state index contributed by atoms with van der Waals surface area (Å²) < 4.78 is 0. The van der Waals surface area contributed by atoms with Crippen LogP contribution in [0.2, 0.25) is 0 Å². The fourth-order valence-electron chi connectivity index (χ4n) is 9.15. The number of carboxylic acid groups (broad SMARTS) is 1. The Morgan fingerprint density at radius 2 is 1.74 bits per heavy atom. The average Bonchev–Trinajstić information content (AvgIpc) is 3.13. The van der Waals surface area contributed by atoms with Gasteiger partial charge >= 0.3 is 5.97 Å². The van der Waals surface area contributed by atoms with Crippen LogP contribution in [0.15, 0.2) is 0 Å². The molecule has 0 aromatic rings. The minimum atomic E-state index is -0.698. The monoisotopic (exact) mass is 476 g/mol. The number of hydrogen-bond acceptors (Lipinski definition) is 4. The molecule has 3 aliphatic carbocycles. The molecule has 4 fully saturated rings. The highest BCUT2D eigenvalue weighted by Gasteiger charge is 2.63. The molecule has 34 heavy (non-hydrogen) atoms. The van der Waals surface area contributed by atoms with Crippen molar-refractivity contribution in [3.8, 4) is 0 Å². The fourth-order valence-corrected chi connectivity index (χ4v) is 9.15. The Morgan fingerprint density at radius 1 is 1.06 bits per heavy atom. The summed E-state index contributed by atoms with van der Waals surface area (Å²) >= 11 is 0.